The molecule has 1 aliphatic heterocycles. The van der Waals surface area contributed by atoms with Gasteiger partial charge in [0.1, 0.15) is 11.6 Å². The summed E-state index contributed by atoms with van der Waals surface area (Å²) in [6.07, 6.45) is 3.69. The van der Waals surface area contributed by atoms with Gasteiger partial charge in [-0.2, -0.15) is 15.1 Å². The average molecular weight is 516 g/mol. The Kier molecular flexibility index (Phi) is 6.08. The Bertz CT molecular complexity index is 1570. The molecule has 188 valence electrons. The molecule has 3 N–H and O–H groups in total. The van der Waals surface area contributed by atoms with Gasteiger partial charge in [0.15, 0.2) is 33.0 Å². The maximum atomic E-state index is 15.1. The normalized spacial score (nSPS) is 15.6. The maximum Gasteiger partial charge on any atom is 0.326 e. The fourth-order valence-corrected chi connectivity index (χ4v) is 5.13. The first-order valence-corrected chi connectivity index (χ1v) is 13.0. The van der Waals surface area contributed by atoms with Crippen LogP contribution in [0.5, 0.6) is 11.8 Å². The molecule has 0 unspecified atom stereocenters. The topological polar surface area (TPSA) is 129 Å². The molecule has 13 heteroatoms. The van der Waals surface area contributed by atoms with Crippen molar-refractivity contribution < 1.29 is 21.9 Å². The van der Waals surface area contributed by atoms with Crippen molar-refractivity contribution in [2.45, 2.75) is 13.8 Å². The third-order valence-corrected chi connectivity index (χ3v) is 7.27. The average Bonchev–Trinajstić information content (AvgIpc) is 3.44. The molecule has 1 saturated heterocycles. The lowest BCUT2D eigenvalue weighted by Gasteiger charge is -2.28. The fraction of sp³-hybridized carbons (Fsp3) is 0.261. The first-order chi connectivity index (χ1) is 17.2. The van der Waals surface area contributed by atoms with Crippen LogP contribution >= 0.6 is 0 Å². The van der Waals surface area contributed by atoms with Gasteiger partial charge in [-0.1, -0.05) is 6.08 Å². The number of nitrogens with one attached hydrogen (secondary N) is 3. The number of sulfone groups is 1. The standard InChI is InChI=1S/C23H23F2N7O3S/c1-3-4-14-10-19(31-30-14)27-18-12-20(32-5-7-36(33,34)8-6-32)29-23(28-18)35-17-11-16(24)22-15(21(17)25)9-13(2)26-22/h3-4,9-12,26H,5-8H2,1-2H3,(H2,27,28,29,30,31)/b4-3+. The third kappa shape index (κ3) is 4.87. The number of nitrogens with zero attached hydrogens (tertiary/aromatic N) is 4. The minimum atomic E-state index is -3.12. The summed E-state index contributed by atoms with van der Waals surface area (Å²) in [7, 11) is -3.12. The molecule has 10 nitrogen and oxygen atoms in total. The van der Waals surface area contributed by atoms with Gasteiger partial charge < -0.3 is 19.9 Å². The Hall–Kier alpha value is -4.00. The number of ether oxygens (including phenoxy) is 1. The second-order valence-electron chi connectivity index (χ2n) is 8.38. The summed E-state index contributed by atoms with van der Waals surface area (Å²) in [6, 6.07) is 5.55. The van der Waals surface area contributed by atoms with E-state index in [0.717, 1.165) is 11.8 Å². The number of allylic oxidation sites excluding steroid dienone is 1. The van der Waals surface area contributed by atoms with E-state index in [1.807, 2.05) is 19.1 Å². The number of aryl methyl sites for hydroxylation is 1. The zero-order chi connectivity index (χ0) is 25.4. The van der Waals surface area contributed by atoms with Crippen molar-refractivity contribution in [3.05, 3.63) is 53.4 Å². The second-order valence-corrected chi connectivity index (χ2v) is 10.7. The van der Waals surface area contributed by atoms with Crippen LogP contribution in [0.3, 0.4) is 0 Å². The highest BCUT2D eigenvalue weighted by Gasteiger charge is 2.24. The van der Waals surface area contributed by atoms with E-state index < -0.39 is 21.5 Å². The SMILES string of the molecule is C/C=C/c1cc(Nc2cc(N3CCS(=O)(=O)CC3)nc(Oc3cc(F)c4[nH]c(C)cc4c3F)n2)n[nH]1. The maximum absolute atomic E-state index is 15.1. The van der Waals surface area contributed by atoms with Gasteiger partial charge in [0, 0.05) is 42.4 Å². The Morgan fingerprint density at radius 2 is 1.89 bits per heavy atom. The summed E-state index contributed by atoms with van der Waals surface area (Å²) in [5.74, 6) is -0.747. The summed E-state index contributed by atoms with van der Waals surface area (Å²) < 4.78 is 59.1. The van der Waals surface area contributed by atoms with Crippen molar-refractivity contribution in [1.29, 1.82) is 0 Å². The molecule has 4 heterocycles. The zero-order valence-electron chi connectivity index (χ0n) is 19.5. The van der Waals surface area contributed by atoms with Gasteiger partial charge in [0.2, 0.25) is 0 Å². The quantitative estimate of drug-likeness (QED) is 0.351. The van der Waals surface area contributed by atoms with Crippen LogP contribution in [0.25, 0.3) is 17.0 Å². The number of aromatic amines is 2. The van der Waals surface area contributed by atoms with Gasteiger partial charge in [0.05, 0.1) is 22.7 Å². The van der Waals surface area contributed by atoms with E-state index in [0.29, 0.717) is 17.3 Å². The van der Waals surface area contributed by atoms with Crippen LogP contribution in [-0.2, 0) is 9.84 Å². The highest BCUT2D eigenvalue weighted by molar-refractivity contribution is 7.91. The number of hydrogen-bond donors (Lipinski definition) is 3. The van der Waals surface area contributed by atoms with Crippen molar-refractivity contribution in [3.8, 4) is 11.8 Å². The molecule has 0 radical (unpaired) electrons. The molecule has 1 aliphatic rings. The molecule has 5 rings (SSSR count). The van der Waals surface area contributed by atoms with Crippen molar-refractivity contribution in [2.24, 2.45) is 0 Å². The zero-order valence-corrected chi connectivity index (χ0v) is 20.3. The molecule has 3 aromatic heterocycles. The highest BCUT2D eigenvalue weighted by Crippen LogP contribution is 2.33. The molecule has 0 saturated carbocycles. The molecule has 0 atom stereocenters. The van der Waals surface area contributed by atoms with Crippen molar-refractivity contribution in [2.75, 3.05) is 34.8 Å². The van der Waals surface area contributed by atoms with E-state index in [2.05, 4.69) is 30.5 Å². The number of halogens is 2. The minimum Gasteiger partial charge on any atom is -0.421 e. The Balaban J connectivity index is 1.51. The molecule has 1 fully saturated rings. The van der Waals surface area contributed by atoms with E-state index in [-0.39, 0.29) is 53.1 Å². The van der Waals surface area contributed by atoms with Crippen LogP contribution in [0.4, 0.5) is 26.2 Å². The fourth-order valence-electron chi connectivity index (χ4n) is 3.93. The van der Waals surface area contributed by atoms with Crippen LogP contribution in [0.2, 0.25) is 0 Å². The number of rotatable bonds is 6. The first kappa shape index (κ1) is 23.7. The molecule has 0 aliphatic carbocycles. The summed E-state index contributed by atoms with van der Waals surface area (Å²) in [5.41, 5.74) is 1.40. The van der Waals surface area contributed by atoms with Crippen LogP contribution in [0, 0.1) is 18.6 Å². The molecule has 1 aromatic carbocycles. The van der Waals surface area contributed by atoms with E-state index in [1.54, 1.807) is 24.0 Å². The number of aromatic nitrogens is 5. The Morgan fingerprint density at radius 3 is 2.64 bits per heavy atom. The first-order valence-electron chi connectivity index (χ1n) is 11.2. The summed E-state index contributed by atoms with van der Waals surface area (Å²) in [5, 5.41) is 10.1. The predicted octanol–water partition coefficient (Wildman–Crippen LogP) is 4.07. The number of hydrogen-bond acceptors (Lipinski definition) is 8. The van der Waals surface area contributed by atoms with E-state index in [4.69, 9.17) is 4.74 Å². The third-order valence-electron chi connectivity index (χ3n) is 5.66. The molecule has 0 amide bonds. The van der Waals surface area contributed by atoms with Gasteiger partial charge in [-0.25, -0.2) is 17.2 Å². The highest BCUT2D eigenvalue weighted by atomic mass is 32.2. The van der Waals surface area contributed by atoms with Crippen LogP contribution < -0.4 is 15.0 Å². The molecular weight excluding hydrogens is 492 g/mol. The molecule has 4 aromatic rings. The van der Waals surface area contributed by atoms with Crippen molar-refractivity contribution >= 4 is 44.3 Å². The van der Waals surface area contributed by atoms with Crippen molar-refractivity contribution in [1.82, 2.24) is 25.1 Å². The number of H-pyrrole nitrogens is 2. The molecule has 36 heavy (non-hydrogen) atoms. The molecule has 0 bridgehead atoms. The smallest absolute Gasteiger partial charge is 0.326 e. The number of fused-ring (bicyclic) bond motifs is 1. The largest absolute Gasteiger partial charge is 0.421 e. The summed E-state index contributed by atoms with van der Waals surface area (Å²) >= 11 is 0. The predicted molar refractivity (Wildman–Crippen MR) is 133 cm³/mol. The minimum absolute atomic E-state index is 0.0224. The van der Waals surface area contributed by atoms with Gasteiger partial charge in [-0.15, -0.1) is 0 Å². The van der Waals surface area contributed by atoms with E-state index in [9.17, 15) is 12.8 Å². The van der Waals surface area contributed by atoms with Crippen LogP contribution in [-0.4, -0.2) is 58.2 Å². The van der Waals surface area contributed by atoms with Crippen molar-refractivity contribution in [3.63, 3.8) is 0 Å². The lowest BCUT2D eigenvalue weighted by molar-refractivity contribution is 0.411. The van der Waals surface area contributed by atoms with E-state index >= 15 is 4.39 Å². The van der Waals surface area contributed by atoms with E-state index in [1.165, 1.54) is 6.07 Å². The van der Waals surface area contributed by atoms with Gasteiger partial charge >= 0.3 is 6.01 Å². The number of anilines is 3. The number of benzene rings is 1. The second kappa shape index (κ2) is 9.22. The lowest BCUT2D eigenvalue weighted by atomic mass is 10.2. The lowest BCUT2D eigenvalue weighted by Crippen LogP contribution is -2.40. The molecule has 0 spiro atoms. The Labute approximate surface area is 205 Å². The Morgan fingerprint density at radius 1 is 1.11 bits per heavy atom. The van der Waals surface area contributed by atoms with Crippen LogP contribution in [0.15, 0.2) is 30.3 Å². The van der Waals surface area contributed by atoms with Crippen LogP contribution in [0.1, 0.15) is 18.3 Å². The van der Waals surface area contributed by atoms with Gasteiger partial charge in [0.25, 0.3) is 0 Å². The van der Waals surface area contributed by atoms with Gasteiger partial charge in [-0.3, -0.25) is 5.10 Å². The molecular formula is C23H23F2N7O3S. The van der Waals surface area contributed by atoms with Gasteiger partial charge in [-0.05, 0) is 26.0 Å². The summed E-state index contributed by atoms with van der Waals surface area (Å²) in [4.78, 5) is 13.2. The summed E-state index contributed by atoms with van der Waals surface area (Å²) in [6.45, 7) is 4.02. The monoisotopic (exact) mass is 515 g/mol.